The van der Waals surface area contributed by atoms with E-state index in [9.17, 15) is 0 Å². The van der Waals surface area contributed by atoms with E-state index in [0.717, 1.165) is 51.4 Å². The molecule has 0 N–H and O–H groups in total. The second-order valence-electron chi connectivity index (χ2n) is 12.3. The standard InChI is InChI=1S/C30H60O6/c1-11-15-20-31-27-17-16-19-29(34-23-28(8,9)10,36-35-26(13-3)14-4)30(27,32-21-18-24(5)6)33-22-25(7)12-2/h24-27H,11-23H2,1-10H3. The van der Waals surface area contributed by atoms with Gasteiger partial charge in [-0.1, -0.05) is 82.1 Å². The van der Waals surface area contributed by atoms with Crippen LogP contribution >= 0.6 is 0 Å². The van der Waals surface area contributed by atoms with Gasteiger partial charge in [-0.05, 0) is 55.8 Å². The quantitative estimate of drug-likeness (QED) is 0.0748. The molecule has 1 rings (SSSR count). The molecule has 6 nitrogen and oxygen atoms in total. The third kappa shape index (κ3) is 10.5. The van der Waals surface area contributed by atoms with Gasteiger partial charge in [0.2, 0.25) is 0 Å². The Morgan fingerprint density at radius 2 is 1.58 bits per heavy atom. The highest BCUT2D eigenvalue weighted by molar-refractivity contribution is 5.00. The lowest BCUT2D eigenvalue weighted by atomic mass is 9.83. The molecule has 0 heterocycles. The van der Waals surface area contributed by atoms with Crippen LogP contribution in [0.2, 0.25) is 0 Å². The van der Waals surface area contributed by atoms with Gasteiger partial charge in [-0.15, -0.1) is 0 Å². The number of rotatable bonds is 19. The molecule has 0 aliphatic heterocycles. The third-order valence-electron chi connectivity index (χ3n) is 7.00. The Morgan fingerprint density at radius 1 is 0.889 bits per heavy atom. The van der Waals surface area contributed by atoms with E-state index < -0.39 is 11.6 Å². The molecule has 0 spiro atoms. The first-order valence-corrected chi connectivity index (χ1v) is 14.9. The zero-order valence-corrected chi connectivity index (χ0v) is 25.5. The smallest absolute Gasteiger partial charge is 0.258 e. The van der Waals surface area contributed by atoms with Crippen LogP contribution in [0.5, 0.6) is 0 Å². The van der Waals surface area contributed by atoms with Gasteiger partial charge in [-0.2, -0.15) is 4.89 Å². The lowest BCUT2D eigenvalue weighted by molar-refractivity contribution is -0.534. The van der Waals surface area contributed by atoms with Crippen molar-refractivity contribution >= 4 is 0 Å². The van der Waals surface area contributed by atoms with E-state index in [2.05, 4.69) is 69.2 Å². The lowest BCUT2D eigenvalue weighted by Crippen LogP contribution is -2.70. The van der Waals surface area contributed by atoms with Crippen LogP contribution in [0, 0.1) is 17.3 Å². The van der Waals surface area contributed by atoms with Gasteiger partial charge >= 0.3 is 0 Å². The average molecular weight is 517 g/mol. The van der Waals surface area contributed by atoms with Gasteiger partial charge in [-0.3, -0.25) is 0 Å². The number of hydrogen-bond acceptors (Lipinski definition) is 6. The van der Waals surface area contributed by atoms with Crippen molar-refractivity contribution in [2.45, 2.75) is 151 Å². The molecule has 0 aromatic heterocycles. The number of hydrogen-bond donors (Lipinski definition) is 0. The molecule has 0 amide bonds. The fourth-order valence-corrected chi connectivity index (χ4v) is 4.17. The normalized spacial score (nSPS) is 26.2. The minimum atomic E-state index is -1.22. The van der Waals surface area contributed by atoms with Crippen LogP contribution in [0.3, 0.4) is 0 Å². The van der Waals surface area contributed by atoms with Crippen LogP contribution < -0.4 is 0 Å². The molecule has 0 aromatic rings. The van der Waals surface area contributed by atoms with Crippen molar-refractivity contribution in [3.05, 3.63) is 0 Å². The highest BCUT2D eigenvalue weighted by atomic mass is 17.2. The number of unbranched alkanes of at least 4 members (excludes halogenated alkanes) is 1. The van der Waals surface area contributed by atoms with Crippen molar-refractivity contribution < 1.29 is 28.7 Å². The summed E-state index contributed by atoms with van der Waals surface area (Å²) in [7, 11) is 0. The van der Waals surface area contributed by atoms with Crippen LogP contribution in [-0.4, -0.2) is 50.2 Å². The van der Waals surface area contributed by atoms with Crippen molar-refractivity contribution in [1.82, 2.24) is 0 Å². The molecule has 1 aliphatic carbocycles. The highest BCUT2D eigenvalue weighted by Gasteiger charge is 2.65. The summed E-state index contributed by atoms with van der Waals surface area (Å²) >= 11 is 0. The lowest BCUT2D eigenvalue weighted by Gasteiger charge is -2.54. The second kappa shape index (κ2) is 16.7. The van der Waals surface area contributed by atoms with Crippen molar-refractivity contribution in [2.24, 2.45) is 17.3 Å². The Balaban J connectivity index is 3.56. The maximum atomic E-state index is 6.85. The van der Waals surface area contributed by atoms with Crippen LogP contribution in [0.25, 0.3) is 0 Å². The Kier molecular flexibility index (Phi) is 15.6. The van der Waals surface area contributed by atoms with Crippen molar-refractivity contribution in [2.75, 3.05) is 26.4 Å². The van der Waals surface area contributed by atoms with Crippen LogP contribution in [0.4, 0.5) is 0 Å². The minimum absolute atomic E-state index is 0.0237. The molecule has 1 aliphatic rings. The first-order chi connectivity index (χ1) is 17.0. The Hall–Kier alpha value is -0.240. The average Bonchev–Trinajstić information content (AvgIpc) is 2.83. The summed E-state index contributed by atoms with van der Waals surface area (Å²) in [4.78, 5) is 12.5. The van der Waals surface area contributed by atoms with E-state index >= 15 is 0 Å². The van der Waals surface area contributed by atoms with E-state index in [1.807, 2.05) is 0 Å². The maximum Gasteiger partial charge on any atom is 0.258 e. The molecule has 4 unspecified atom stereocenters. The monoisotopic (exact) mass is 516 g/mol. The molecule has 0 aromatic carbocycles. The summed E-state index contributed by atoms with van der Waals surface area (Å²) in [5.74, 6) is -1.56. The summed E-state index contributed by atoms with van der Waals surface area (Å²) in [6.45, 7) is 24.0. The first-order valence-electron chi connectivity index (χ1n) is 14.9. The number of ether oxygens (including phenoxy) is 4. The van der Waals surface area contributed by atoms with Crippen LogP contribution in [0.1, 0.15) is 127 Å². The molecule has 6 heteroatoms. The topological polar surface area (TPSA) is 55.4 Å². The summed E-state index contributed by atoms with van der Waals surface area (Å²) in [5, 5.41) is 0. The van der Waals surface area contributed by atoms with Gasteiger partial charge in [0.25, 0.3) is 11.6 Å². The van der Waals surface area contributed by atoms with Gasteiger partial charge < -0.3 is 18.9 Å². The van der Waals surface area contributed by atoms with Gasteiger partial charge in [0, 0.05) is 13.0 Å². The van der Waals surface area contributed by atoms with Crippen molar-refractivity contribution in [3.63, 3.8) is 0 Å². The predicted octanol–water partition coefficient (Wildman–Crippen LogP) is 8.07. The van der Waals surface area contributed by atoms with Gasteiger partial charge in [-0.25, -0.2) is 4.89 Å². The van der Waals surface area contributed by atoms with E-state index in [4.69, 9.17) is 28.7 Å². The Labute approximate surface area is 223 Å². The van der Waals surface area contributed by atoms with Gasteiger partial charge in [0.05, 0.1) is 25.9 Å². The van der Waals surface area contributed by atoms with Gasteiger partial charge in [0.1, 0.15) is 6.10 Å². The van der Waals surface area contributed by atoms with Crippen molar-refractivity contribution in [3.8, 4) is 0 Å². The minimum Gasteiger partial charge on any atom is -0.372 e. The van der Waals surface area contributed by atoms with Crippen LogP contribution in [0.15, 0.2) is 0 Å². The molecule has 1 fully saturated rings. The van der Waals surface area contributed by atoms with Crippen molar-refractivity contribution in [1.29, 1.82) is 0 Å². The molecule has 36 heavy (non-hydrogen) atoms. The summed E-state index contributed by atoms with van der Waals surface area (Å²) in [6.07, 6.45) is 7.72. The molecule has 1 saturated carbocycles. The molecule has 0 radical (unpaired) electrons. The van der Waals surface area contributed by atoms with E-state index in [1.54, 1.807) is 0 Å². The van der Waals surface area contributed by atoms with E-state index in [1.165, 1.54) is 0 Å². The summed E-state index contributed by atoms with van der Waals surface area (Å²) in [5.41, 5.74) is -0.0678. The second-order valence-corrected chi connectivity index (χ2v) is 12.3. The van der Waals surface area contributed by atoms with E-state index in [0.29, 0.717) is 44.7 Å². The SMILES string of the molecule is CCCCOC1CCCC(OCC(C)(C)C)(OOC(CC)CC)C1(OCCC(C)C)OCC(C)CC. The maximum absolute atomic E-state index is 6.85. The third-order valence-corrected chi connectivity index (χ3v) is 7.00. The van der Waals surface area contributed by atoms with Crippen LogP contribution in [-0.2, 0) is 28.7 Å². The fraction of sp³-hybridized carbons (Fsp3) is 1.00. The van der Waals surface area contributed by atoms with E-state index in [-0.39, 0.29) is 17.6 Å². The van der Waals surface area contributed by atoms with Gasteiger partial charge in [0.15, 0.2) is 0 Å². The zero-order valence-electron chi connectivity index (χ0n) is 25.5. The summed E-state index contributed by atoms with van der Waals surface area (Å²) < 4.78 is 27.0. The predicted molar refractivity (Wildman–Crippen MR) is 147 cm³/mol. The molecular formula is C30H60O6. The largest absolute Gasteiger partial charge is 0.372 e. The molecule has 0 bridgehead atoms. The highest BCUT2D eigenvalue weighted by Crippen LogP contribution is 2.48. The molecule has 4 atom stereocenters. The first kappa shape index (κ1) is 33.8. The summed E-state index contributed by atoms with van der Waals surface area (Å²) in [6, 6.07) is 0. The molecular weight excluding hydrogens is 456 g/mol. The Bertz CT molecular complexity index is 558. The Morgan fingerprint density at radius 3 is 2.14 bits per heavy atom. The molecule has 0 saturated heterocycles. The zero-order chi connectivity index (χ0) is 27.2. The molecule has 216 valence electrons. The fourth-order valence-electron chi connectivity index (χ4n) is 4.17.